The van der Waals surface area contributed by atoms with Crippen molar-refractivity contribution in [2.75, 3.05) is 19.8 Å². The maximum absolute atomic E-state index is 5.78. The summed E-state index contributed by atoms with van der Waals surface area (Å²) in [4.78, 5) is 6.52. The van der Waals surface area contributed by atoms with Crippen LogP contribution in [0.25, 0.3) is 11.3 Å². The number of hydrogen-bond acceptors (Lipinski definition) is 3. The predicted octanol–water partition coefficient (Wildman–Crippen LogP) is 2.39. The van der Waals surface area contributed by atoms with Crippen LogP contribution in [0.3, 0.4) is 0 Å². The fourth-order valence-corrected chi connectivity index (χ4v) is 1.79. The highest BCUT2D eigenvalue weighted by molar-refractivity contribution is 5.64. The fourth-order valence-electron chi connectivity index (χ4n) is 1.79. The van der Waals surface area contributed by atoms with Crippen LogP contribution >= 0.6 is 0 Å². The maximum Gasteiger partial charge on any atom is 0.0705 e. The summed E-state index contributed by atoms with van der Waals surface area (Å²) in [7, 11) is 4.11. The lowest BCUT2D eigenvalue weighted by atomic mass is 10.1. The molecule has 0 saturated carbocycles. The van der Waals surface area contributed by atoms with Crippen LogP contribution in [0.15, 0.2) is 42.6 Å². The molecule has 0 aliphatic heterocycles. The van der Waals surface area contributed by atoms with Gasteiger partial charge in [-0.3, -0.25) is 4.98 Å². The van der Waals surface area contributed by atoms with Gasteiger partial charge in [0.1, 0.15) is 0 Å². The lowest BCUT2D eigenvalue weighted by Crippen LogP contribution is -2.10. The van der Waals surface area contributed by atoms with Gasteiger partial charge in [0.2, 0.25) is 0 Å². The van der Waals surface area contributed by atoms with Crippen LogP contribution in [0.4, 0.5) is 5.69 Å². The first kappa shape index (κ1) is 11.6. The van der Waals surface area contributed by atoms with Gasteiger partial charge in [-0.15, -0.1) is 0 Å². The molecule has 0 bridgehead atoms. The van der Waals surface area contributed by atoms with E-state index in [4.69, 9.17) is 5.73 Å². The molecule has 2 rings (SSSR count). The van der Waals surface area contributed by atoms with Gasteiger partial charge in [-0.2, -0.15) is 0 Å². The minimum absolute atomic E-state index is 0.766. The third kappa shape index (κ3) is 3.04. The highest BCUT2D eigenvalue weighted by Gasteiger charge is 2.02. The van der Waals surface area contributed by atoms with Crippen LogP contribution in [0, 0.1) is 0 Å². The molecule has 0 aliphatic rings. The molecular formula is C14H17N3. The Morgan fingerprint density at radius 1 is 1.18 bits per heavy atom. The van der Waals surface area contributed by atoms with E-state index < -0.39 is 0 Å². The average molecular weight is 227 g/mol. The third-order valence-electron chi connectivity index (χ3n) is 2.51. The zero-order valence-electron chi connectivity index (χ0n) is 10.2. The van der Waals surface area contributed by atoms with Crippen molar-refractivity contribution in [1.29, 1.82) is 0 Å². The molecule has 17 heavy (non-hydrogen) atoms. The van der Waals surface area contributed by atoms with Crippen molar-refractivity contribution in [1.82, 2.24) is 9.88 Å². The minimum atomic E-state index is 0.766. The average Bonchev–Trinajstić information content (AvgIpc) is 2.28. The number of nitrogen functional groups attached to an aromatic ring is 1. The Bertz CT molecular complexity index is 506. The summed E-state index contributed by atoms with van der Waals surface area (Å²) in [5, 5.41) is 0. The van der Waals surface area contributed by atoms with Crippen LogP contribution in [0.1, 0.15) is 5.56 Å². The molecule has 1 heterocycles. The number of nitrogens with two attached hydrogens (primary N) is 1. The van der Waals surface area contributed by atoms with E-state index in [1.54, 1.807) is 0 Å². The van der Waals surface area contributed by atoms with Crippen molar-refractivity contribution >= 4 is 5.69 Å². The van der Waals surface area contributed by atoms with Gasteiger partial charge < -0.3 is 10.6 Å². The lowest BCUT2D eigenvalue weighted by Gasteiger charge is -2.10. The molecule has 0 unspecified atom stereocenters. The SMILES string of the molecule is CN(C)Cc1ccnc(-c2cccc(N)c2)c1. The summed E-state index contributed by atoms with van der Waals surface area (Å²) < 4.78 is 0. The summed E-state index contributed by atoms with van der Waals surface area (Å²) >= 11 is 0. The van der Waals surface area contributed by atoms with Crippen molar-refractivity contribution in [2.45, 2.75) is 6.54 Å². The van der Waals surface area contributed by atoms with E-state index in [1.165, 1.54) is 5.56 Å². The van der Waals surface area contributed by atoms with E-state index >= 15 is 0 Å². The Morgan fingerprint density at radius 3 is 2.71 bits per heavy atom. The molecule has 0 spiro atoms. The standard InChI is InChI=1S/C14H17N3/c1-17(2)10-11-6-7-16-14(8-11)12-4-3-5-13(15)9-12/h3-9H,10,15H2,1-2H3. The van der Waals surface area contributed by atoms with Gasteiger partial charge in [-0.1, -0.05) is 12.1 Å². The van der Waals surface area contributed by atoms with Gasteiger partial charge in [0.25, 0.3) is 0 Å². The largest absolute Gasteiger partial charge is 0.399 e. The van der Waals surface area contributed by atoms with Crippen molar-refractivity contribution in [3.63, 3.8) is 0 Å². The zero-order valence-corrected chi connectivity index (χ0v) is 10.2. The van der Waals surface area contributed by atoms with Crippen molar-refractivity contribution in [3.8, 4) is 11.3 Å². The van der Waals surface area contributed by atoms with E-state index in [0.717, 1.165) is 23.5 Å². The van der Waals surface area contributed by atoms with E-state index in [9.17, 15) is 0 Å². The van der Waals surface area contributed by atoms with Crippen molar-refractivity contribution in [2.24, 2.45) is 0 Å². The Hall–Kier alpha value is -1.87. The van der Waals surface area contributed by atoms with Gasteiger partial charge >= 0.3 is 0 Å². The molecule has 88 valence electrons. The molecule has 0 saturated heterocycles. The number of benzene rings is 1. The van der Waals surface area contributed by atoms with Crippen molar-refractivity contribution < 1.29 is 0 Å². The van der Waals surface area contributed by atoms with Crippen LogP contribution in [-0.2, 0) is 6.54 Å². The number of nitrogens with zero attached hydrogens (tertiary/aromatic N) is 2. The van der Waals surface area contributed by atoms with Crippen molar-refractivity contribution in [3.05, 3.63) is 48.2 Å². The van der Waals surface area contributed by atoms with Crippen LogP contribution in [0.2, 0.25) is 0 Å². The Balaban J connectivity index is 2.33. The number of pyridine rings is 1. The molecule has 0 amide bonds. The summed E-state index contributed by atoms with van der Waals surface area (Å²) in [5.41, 5.74) is 9.83. The summed E-state index contributed by atoms with van der Waals surface area (Å²) in [5.74, 6) is 0. The molecule has 3 heteroatoms. The van der Waals surface area contributed by atoms with E-state index in [0.29, 0.717) is 0 Å². The molecule has 1 aromatic heterocycles. The van der Waals surface area contributed by atoms with Gasteiger partial charge in [-0.25, -0.2) is 0 Å². The first-order valence-electron chi connectivity index (χ1n) is 5.61. The monoisotopic (exact) mass is 227 g/mol. The number of aromatic nitrogens is 1. The summed E-state index contributed by atoms with van der Waals surface area (Å²) in [6, 6.07) is 11.9. The predicted molar refractivity (Wildman–Crippen MR) is 71.5 cm³/mol. The fraction of sp³-hybridized carbons (Fsp3) is 0.214. The second kappa shape index (κ2) is 4.97. The third-order valence-corrected chi connectivity index (χ3v) is 2.51. The second-order valence-corrected chi connectivity index (χ2v) is 4.41. The summed E-state index contributed by atoms with van der Waals surface area (Å²) in [6.45, 7) is 0.915. The van der Waals surface area contributed by atoms with Crippen LogP contribution < -0.4 is 5.73 Å². The highest BCUT2D eigenvalue weighted by Crippen LogP contribution is 2.20. The number of anilines is 1. The molecule has 0 radical (unpaired) electrons. The molecule has 2 N–H and O–H groups in total. The first-order chi connectivity index (χ1) is 8.15. The lowest BCUT2D eigenvalue weighted by molar-refractivity contribution is 0.402. The van der Waals surface area contributed by atoms with E-state index in [-0.39, 0.29) is 0 Å². The zero-order chi connectivity index (χ0) is 12.3. The van der Waals surface area contributed by atoms with Gasteiger partial charge in [-0.05, 0) is 43.9 Å². The maximum atomic E-state index is 5.78. The van der Waals surface area contributed by atoms with E-state index in [1.807, 2.05) is 36.5 Å². The molecule has 3 nitrogen and oxygen atoms in total. The topological polar surface area (TPSA) is 42.2 Å². The number of rotatable bonds is 3. The van der Waals surface area contributed by atoms with Gasteiger partial charge in [0.15, 0.2) is 0 Å². The van der Waals surface area contributed by atoms with Crippen LogP contribution in [-0.4, -0.2) is 24.0 Å². The highest BCUT2D eigenvalue weighted by atomic mass is 15.0. The first-order valence-corrected chi connectivity index (χ1v) is 5.61. The van der Waals surface area contributed by atoms with Gasteiger partial charge in [0.05, 0.1) is 5.69 Å². The molecule has 0 fully saturated rings. The summed E-state index contributed by atoms with van der Waals surface area (Å²) in [6.07, 6.45) is 1.84. The molecule has 1 aromatic carbocycles. The smallest absolute Gasteiger partial charge is 0.0705 e. The molecule has 2 aromatic rings. The van der Waals surface area contributed by atoms with E-state index in [2.05, 4.69) is 30.0 Å². The Labute approximate surface area is 102 Å². The molecular weight excluding hydrogens is 210 g/mol. The van der Waals surface area contributed by atoms with Crippen LogP contribution in [0.5, 0.6) is 0 Å². The molecule has 0 aliphatic carbocycles. The minimum Gasteiger partial charge on any atom is -0.399 e. The molecule has 0 atom stereocenters. The Kier molecular flexibility index (Phi) is 3.40. The normalized spacial score (nSPS) is 10.8. The van der Waals surface area contributed by atoms with Gasteiger partial charge in [0, 0.05) is 24.0 Å². The second-order valence-electron chi connectivity index (χ2n) is 4.41. The quantitative estimate of drug-likeness (QED) is 0.819. The Morgan fingerprint density at radius 2 is 2.00 bits per heavy atom. The number of hydrogen-bond donors (Lipinski definition) is 1.